The molecule has 21 heavy (non-hydrogen) atoms. The lowest BCUT2D eigenvalue weighted by molar-refractivity contribution is 0.0697. The Kier molecular flexibility index (Phi) is 4.78. The van der Waals surface area contributed by atoms with Crippen LogP contribution in [0, 0.1) is 6.92 Å². The minimum Gasteiger partial charge on any atom is -0.478 e. The first-order chi connectivity index (χ1) is 9.66. The van der Waals surface area contributed by atoms with Crippen molar-refractivity contribution in [3.05, 3.63) is 24.9 Å². The van der Waals surface area contributed by atoms with Crippen LogP contribution in [0.3, 0.4) is 0 Å². The van der Waals surface area contributed by atoms with Gasteiger partial charge in [0.05, 0.1) is 13.3 Å². The highest BCUT2D eigenvalue weighted by Crippen LogP contribution is 2.38. The summed E-state index contributed by atoms with van der Waals surface area (Å²) in [6.45, 7) is 1.53. The molecule has 2 aromatic heterocycles. The van der Waals surface area contributed by atoms with Crippen LogP contribution >= 0.6 is 54.7 Å². The Morgan fingerprint density at radius 1 is 1.43 bits per heavy atom. The largest absolute Gasteiger partial charge is 0.478 e. The molecule has 0 atom stereocenters. The molecule has 2 heterocycles. The van der Waals surface area contributed by atoms with Gasteiger partial charge in [-0.15, -0.1) is 11.3 Å². The van der Waals surface area contributed by atoms with Crippen LogP contribution in [0.25, 0.3) is 0 Å². The second-order valence-corrected chi connectivity index (χ2v) is 10.4. The molecule has 0 saturated carbocycles. The number of aryl methyl sites for hydroxylation is 1. The first-order valence-corrected chi connectivity index (χ1v) is 9.91. The van der Waals surface area contributed by atoms with Crippen LogP contribution < -0.4 is 4.31 Å². The van der Waals surface area contributed by atoms with Gasteiger partial charge in [-0.05, 0) is 56.4 Å². The summed E-state index contributed by atoms with van der Waals surface area (Å²) in [5.41, 5.74) is 0.187. The van der Waals surface area contributed by atoms with Crippen LogP contribution in [0.15, 0.2) is 18.5 Å². The third-order valence-electron chi connectivity index (χ3n) is 2.61. The number of hydrogen-bond donors (Lipinski definition) is 1. The van der Waals surface area contributed by atoms with Gasteiger partial charge in [0, 0.05) is 7.05 Å². The molecule has 0 aliphatic heterocycles. The third-order valence-corrected chi connectivity index (χ3v) is 8.25. The lowest BCUT2D eigenvalue weighted by Gasteiger charge is -2.17. The molecule has 0 aliphatic rings. The highest BCUT2D eigenvalue weighted by molar-refractivity contribution is 9.12. The Morgan fingerprint density at radius 2 is 2.05 bits per heavy atom. The van der Waals surface area contributed by atoms with Crippen molar-refractivity contribution in [2.45, 2.75) is 11.8 Å². The van der Waals surface area contributed by atoms with Gasteiger partial charge in [0.1, 0.15) is 15.5 Å². The van der Waals surface area contributed by atoms with E-state index in [1.165, 1.54) is 31.4 Å². The standard InChI is InChI=1S/C10H8Br2N2O4S3/c1-4-7(10(15)16)9(20-13-4)14(2)21(17,18)5-3-6(11)19-8(5)12/h3H,1-2H3,(H,15,16). The Bertz CT molecular complexity index is 812. The quantitative estimate of drug-likeness (QED) is 0.730. The molecule has 1 N–H and O–H groups in total. The number of carboxylic acid groups (broad SMARTS) is 1. The maximum Gasteiger partial charge on any atom is 0.340 e. The number of thiophene rings is 1. The van der Waals surface area contributed by atoms with E-state index in [1.807, 2.05) is 0 Å². The Balaban J connectivity index is 2.56. The molecule has 6 nitrogen and oxygen atoms in total. The van der Waals surface area contributed by atoms with Crippen molar-refractivity contribution in [3.63, 3.8) is 0 Å². The van der Waals surface area contributed by atoms with Gasteiger partial charge in [-0.3, -0.25) is 4.31 Å². The van der Waals surface area contributed by atoms with Crippen LogP contribution in [0.5, 0.6) is 0 Å². The predicted molar refractivity (Wildman–Crippen MR) is 89.1 cm³/mol. The molecule has 0 aliphatic carbocycles. The fourth-order valence-electron chi connectivity index (χ4n) is 1.58. The Labute approximate surface area is 145 Å². The minimum absolute atomic E-state index is 0.0734. The summed E-state index contributed by atoms with van der Waals surface area (Å²) in [5.74, 6) is -1.20. The molecule has 0 fully saturated rings. The second-order valence-electron chi connectivity index (χ2n) is 3.91. The monoisotopic (exact) mass is 474 g/mol. The smallest absolute Gasteiger partial charge is 0.340 e. The molecule has 2 aromatic rings. The van der Waals surface area contributed by atoms with Gasteiger partial charge in [0.2, 0.25) is 0 Å². The lowest BCUT2D eigenvalue weighted by Crippen LogP contribution is -2.27. The van der Waals surface area contributed by atoms with Crippen LogP contribution in [-0.4, -0.2) is 30.9 Å². The normalized spacial score (nSPS) is 11.6. The molecule has 0 aromatic carbocycles. The Morgan fingerprint density at radius 3 is 2.52 bits per heavy atom. The molecule has 114 valence electrons. The highest BCUT2D eigenvalue weighted by atomic mass is 79.9. The first-order valence-electron chi connectivity index (χ1n) is 5.29. The van der Waals surface area contributed by atoms with Crippen LogP contribution in [0.4, 0.5) is 5.00 Å². The predicted octanol–water partition coefficient (Wildman–Crippen LogP) is 3.56. The van der Waals surface area contributed by atoms with Crippen molar-refractivity contribution in [1.82, 2.24) is 4.37 Å². The molecule has 2 rings (SSSR count). The van der Waals surface area contributed by atoms with Crippen molar-refractivity contribution in [3.8, 4) is 0 Å². The topological polar surface area (TPSA) is 87.6 Å². The van der Waals surface area contributed by atoms with Crippen LogP contribution in [-0.2, 0) is 10.0 Å². The average Bonchev–Trinajstić information content (AvgIpc) is 2.91. The van der Waals surface area contributed by atoms with Gasteiger partial charge in [-0.1, -0.05) is 0 Å². The van der Waals surface area contributed by atoms with E-state index < -0.39 is 16.0 Å². The summed E-state index contributed by atoms with van der Waals surface area (Å²) in [6.07, 6.45) is 0. The van der Waals surface area contributed by atoms with Crippen molar-refractivity contribution in [2.24, 2.45) is 0 Å². The van der Waals surface area contributed by atoms with Crippen molar-refractivity contribution in [1.29, 1.82) is 0 Å². The molecular formula is C10H8Br2N2O4S3. The number of hydrogen-bond acceptors (Lipinski definition) is 6. The fourth-order valence-corrected chi connectivity index (χ4v) is 7.59. The number of carbonyl (C=O) groups is 1. The summed E-state index contributed by atoms with van der Waals surface area (Å²) in [6, 6.07) is 1.47. The van der Waals surface area contributed by atoms with E-state index in [0.29, 0.717) is 7.57 Å². The average molecular weight is 476 g/mol. The number of nitrogens with zero attached hydrogens (tertiary/aromatic N) is 2. The molecular weight excluding hydrogens is 468 g/mol. The summed E-state index contributed by atoms with van der Waals surface area (Å²) in [7, 11) is -2.56. The zero-order valence-electron chi connectivity index (χ0n) is 10.6. The molecule has 11 heteroatoms. The molecule has 0 spiro atoms. The zero-order chi connectivity index (χ0) is 15.9. The van der Waals surface area contributed by atoms with Crippen LogP contribution in [0.1, 0.15) is 16.1 Å². The van der Waals surface area contributed by atoms with Gasteiger partial charge in [0.15, 0.2) is 0 Å². The van der Waals surface area contributed by atoms with E-state index in [4.69, 9.17) is 0 Å². The number of rotatable bonds is 4. The van der Waals surface area contributed by atoms with Gasteiger partial charge >= 0.3 is 5.97 Å². The Hall–Kier alpha value is -0.490. The number of aromatic carboxylic acids is 1. The molecule has 0 amide bonds. The van der Waals surface area contributed by atoms with Gasteiger partial charge in [-0.2, -0.15) is 4.37 Å². The summed E-state index contributed by atoms with van der Waals surface area (Å²) < 4.78 is 31.2. The summed E-state index contributed by atoms with van der Waals surface area (Å²) in [4.78, 5) is 11.3. The van der Waals surface area contributed by atoms with E-state index >= 15 is 0 Å². The van der Waals surface area contributed by atoms with Crippen molar-refractivity contribution < 1.29 is 18.3 Å². The third kappa shape index (κ3) is 3.02. The van der Waals surface area contributed by atoms with E-state index in [1.54, 1.807) is 0 Å². The zero-order valence-corrected chi connectivity index (χ0v) is 16.2. The SMILES string of the molecule is Cc1nsc(N(C)S(=O)(=O)c2cc(Br)sc2Br)c1C(=O)O. The van der Waals surface area contributed by atoms with Crippen molar-refractivity contribution >= 4 is 75.7 Å². The van der Waals surface area contributed by atoms with Gasteiger partial charge < -0.3 is 5.11 Å². The summed E-state index contributed by atoms with van der Waals surface area (Å²) in [5, 5.41) is 9.29. The highest BCUT2D eigenvalue weighted by Gasteiger charge is 2.31. The number of sulfonamides is 1. The summed E-state index contributed by atoms with van der Waals surface area (Å²) >= 11 is 8.49. The number of anilines is 1. The van der Waals surface area contributed by atoms with E-state index in [0.717, 1.165) is 15.8 Å². The maximum absolute atomic E-state index is 12.6. The lowest BCUT2D eigenvalue weighted by atomic mass is 10.2. The maximum atomic E-state index is 12.6. The second kappa shape index (κ2) is 5.95. The molecule has 0 unspecified atom stereocenters. The molecule has 0 saturated heterocycles. The molecule has 0 bridgehead atoms. The number of halogens is 2. The van der Waals surface area contributed by atoms with Crippen molar-refractivity contribution in [2.75, 3.05) is 11.4 Å². The number of aromatic nitrogens is 1. The minimum atomic E-state index is -3.87. The number of carboxylic acids is 1. The molecule has 0 radical (unpaired) electrons. The fraction of sp³-hybridized carbons (Fsp3) is 0.200. The van der Waals surface area contributed by atoms with Gasteiger partial charge in [-0.25, -0.2) is 13.2 Å². The first kappa shape index (κ1) is 16.9. The van der Waals surface area contributed by atoms with Crippen LogP contribution in [0.2, 0.25) is 0 Å². The van der Waals surface area contributed by atoms with E-state index in [9.17, 15) is 18.3 Å². The van der Waals surface area contributed by atoms with E-state index in [2.05, 4.69) is 36.2 Å². The van der Waals surface area contributed by atoms with E-state index in [-0.39, 0.29) is 21.2 Å². The van der Waals surface area contributed by atoms with Gasteiger partial charge in [0.25, 0.3) is 10.0 Å².